The average molecular weight is 672 g/mol. The number of alkyl halides is 3. The molecule has 4 aromatic rings. The van der Waals surface area contributed by atoms with Crippen molar-refractivity contribution in [1.29, 1.82) is 0 Å². The fourth-order valence-electron chi connectivity index (χ4n) is 5.23. The molecule has 2 aromatic carbocycles. The normalized spacial score (nSPS) is 14.0. The van der Waals surface area contributed by atoms with E-state index in [1.54, 1.807) is 12.3 Å². The third-order valence-electron chi connectivity index (χ3n) is 7.55. The van der Waals surface area contributed by atoms with Gasteiger partial charge < -0.3 is 29.8 Å². The van der Waals surface area contributed by atoms with Crippen molar-refractivity contribution < 1.29 is 36.2 Å². The number of hydrogen-bond donors (Lipinski definition) is 3. The predicted octanol–water partition coefficient (Wildman–Crippen LogP) is 5.19. The van der Waals surface area contributed by atoms with Crippen LogP contribution in [0.3, 0.4) is 0 Å². The van der Waals surface area contributed by atoms with Crippen molar-refractivity contribution in [2.24, 2.45) is 0 Å². The van der Waals surface area contributed by atoms with Crippen LogP contribution in [0.2, 0.25) is 0 Å². The molecule has 1 aliphatic rings. The van der Waals surface area contributed by atoms with Crippen molar-refractivity contribution in [2.75, 3.05) is 50.7 Å². The van der Waals surface area contributed by atoms with Gasteiger partial charge in [-0.25, -0.2) is 13.4 Å². The van der Waals surface area contributed by atoms with Gasteiger partial charge >= 0.3 is 6.18 Å². The van der Waals surface area contributed by atoms with Crippen LogP contribution in [0, 0.1) is 11.8 Å². The number of sulfone groups is 1. The molecule has 0 spiro atoms. The minimum Gasteiger partial charge on any atom is -0.495 e. The Kier molecular flexibility index (Phi) is 11.4. The number of carbonyl (C=O) groups is 1. The minimum atomic E-state index is -4.48. The maximum atomic E-state index is 13.9. The second-order valence-corrected chi connectivity index (χ2v) is 13.0. The zero-order chi connectivity index (χ0) is 34.2. The van der Waals surface area contributed by atoms with E-state index in [0.717, 1.165) is 43.3 Å². The number of pyridine rings is 1. The molecular formula is C33H36F3N5O5S. The lowest BCUT2D eigenvalue weighted by atomic mass is 10.0. The van der Waals surface area contributed by atoms with Crippen LogP contribution in [0.1, 0.15) is 24.2 Å². The molecule has 1 aliphatic heterocycles. The molecular weight excluding hydrogens is 635 g/mol. The number of imidazole rings is 1. The summed E-state index contributed by atoms with van der Waals surface area (Å²) in [6, 6.07) is 16.0. The Labute approximate surface area is 271 Å². The molecule has 47 heavy (non-hydrogen) atoms. The van der Waals surface area contributed by atoms with Crippen molar-refractivity contribution in [1.82, 2.24) is 14.3 Å². The highest BCUT2D eigenvalue weighted by molar-refractivity contribution is 7.90. The number of methoxy groups -OCH3 is 1. The van der Waals surface area contributed by atoms with Gasteiger partial charge in [0.1, 0.15) is 11.4 Å². The molecule has 10 nitrogen and oxygen atoms in total. The smallest absolute Gasteiger partial charge is 0.394 e. The number of anilines is 2. The summed E-state index contributed by atoms with van der Waals surface area (Å²) in [6.45, 7) is 1.65. The van der Waals surface area contributed by atoms with Crippen molar-refractivity contribution >= 4 is 33.3 Å². The average Bonchev–Trinajstić information content (AvgIpc) is 3.36. The molecule has 5 rings (SSSR count). The Bertz CT molecular complexity index is 1860. The Balaban J connectivity index is 0.00000160. The first-order chi connectivity index (χ1) is 22.3. The van der Waals surface area contributed by atoms with Crippen molar-refractivity contribution in [3.05, 3.63) is 72.2 Å². The molecule has 3 N–H and O–H groups in total. The molecule has 3 heterocycles. The van der Waals surface area contributed by atoms with E-state index in [4.69, 9.17) is 14.6 Å². The molecule has 0 saturated carbocycles. The van der Waals surface area contributed by atoms with E-state index in [2.05, 4.69) is 39.4 Å². The Hall–Kier alpha value is -4.74. The number of halogens is 3. The summed E-state index contributed by atoms with van der Waals surface area (Å²) >= 11 is 0. The van der Waals surface area contributed by atoms with E-state index in [1.165, 1.54) is 23.6 Å². The van der Waals surface area contributed by atoms with Crippen LogP contribution in [0.15, 0.2) is 65.7 Å². The monoisotopic (exact) mass is 671 g/mol. The summed E-state index contributed by atoms with van der Waals surface area (Å²) in [4.78, 5) is 15.3. The topological polar surface area (TPSA) is 125 Å². The van der Waals surface area contributed by atoms with Gasteiger partial charge in [0.15, 0.2) is 15.5 Å². The van der Waals surface area contributed by atoms with Gasteiger partial charge in [-0.15, -0.1) is 0 Å². The summed E-state index contributed by atoms with van der Waals surface area (Å²) in [7, 11) is 0.0603. The second-order valence-electron chi connectivity index (χ2n) is 11.0. The summed E-state index contributed by atoms with van der Waals surface area (Å²) in [5.74, 6) is 6.03. The number of carboxylic acid groups (broad SMARTS) is 1. The molecule has 0 radical (unpaired) electrons. The van der Waals surface area contributed by atoms with E-state index in [1.807, 2.05) is 36.4 Å². The first kappa shape index (κ1) is 35.1. The van der Waals surface area contributed by atoms with Crippen LogP contribution in [-0.4, -0.2) is 86.5 Å². The fourth-order valence-corrected chi connectivity index (χ4v) is 5.87. The molecule has 0 aliphatic carbocycles. The SMILES string of the molecule is COc1cc(S(C)(=O)=O)ccc1NCC#Cc1nc2c(NC3CCN(C)CC3)cc(-c3ccccc3)cn2c1CC(F)(F)F.O=CO. The van der Waals surface area contributed by atoms with E-state index in [0.29, 0.717) is 22.8 Å². The molecule has 0 bridgehead atoms. The Morgan fingerprint density at radius 3 is 2.38 bits per heavy atom. The zero-order valence-electron chi connectivity index (χ0n) is 26.1. The van der Waals surface area contributed by atoms with Crippen LogP contribution < -0.4 is 15.4 Å². The van der Waals surface area contributed by atoms with Crippen molar-refractivity contribution in [3.8, 4) is 28.7 Å². The standard InChI is InChI=1S/C32H34F3N5O3S.CH2O2/c1-39-16-13-24(14-17-39)37-28-18-23(22-8-5-4-6-9-22)21-40-29(20-32(33,34)35)26(38-31(28)40)10-7-15-36-27-12-11-25(44(3,41)42)19-30(27)43-2;2-1-3/h4-6,8-9,11-12,18-19,21,24,36-37H,13-17,20H2,1-3H3;1H,(H,2,3). The van der Waals surface area contributed by atoms with Gasteiger partial charge in [0.25, 0.3) is 6.47 Å². The van der Waals surface area contributed by atoms with E-state index >= 15 is 0 Å². The summed E-state index contributed by atoms with van der Waals surface area (Å²) in [5.41, 5.74) is 3.18. The third-order valence-corrected chi connectivity index (χ3v) is 8.66. The Morgan fingerprint density at radius 1 is 1.09 bits per heavy atom. The second kappa shape index (κ2) is 15.2. The van der Waals surface area contributed by atoms with Gasteiger partial charge in [-0.3, -0.25) is 4.79 Å². The summed E-state index contributed by atoms with van der Waals surface area (Å²) in [5, 5.41) is 13.5. The molecule has 0 amide bonds. The molecule has 250 valence electrons. The molecule has 2 aromatic heterocycles. The number of fused-ring (bicyclic) bond motifs is 1. The van der Waals surface area contributed by atoms with Crippen molar-refractivity contribution in [2.45, 2.75) is 36.4 Å². The van der Waals surface area contributed by atoms with Crippen LogP contribution in [-0.2, 0) is 21.1 Å². The number of benzene rings is 2. The number of likely N-dealkylation sites (tertiary alicyclic amines) is 1. The fraction of sp³-hybridized carbons (Fsp3) is 0.333. The van der Waals surface area contributed by atoms with Crippen LogP contribution in [0.5, 0.6) is 5.75 Å². The Morgan fingerprint density at radius 2 is 1.77 bits per heavy atom. The lowest BCUT2D eigenvalue weighted by molar-refractivity contribution is -0.128. The number of ether oxygens (including phenoxy) is 1. The maximum absolute atomic E-state index is 13.9. The number of piperidine rings is 1. The zero-order valence-corrected chi connectivity index (χ0v) is 27.0. The summed E-state index contributed by atoms with van der Waals surface area (Å²) in [6.07, 6.45) is -1.08. The number of nitrogens with zero attached hydrogens (tertiary/aromatic N) is 3. The number of hydrogen-bond acceptors (Lipinski definition) is 8. The van der Waals surface area contributed by atoms with Gasteiger partial charge in [0.05, 0.1) is 42.0 Å². The molecule has 1 saturated heterocycles. The van der Waals surface area contributed by atoms with E-state index < -0.39 is 22.4 Å². The highest BCUT2D eigenvalue weighted by Gasteiger charge is 2.32. The van der Waals surface area contributed by atoms with Gasteiger partial charge in [-0.05, 0) is 62.7 Å². The largest absolute Gasteiger partial charge is 0.495 e. The molecule has 0 atom stereocenters. The number of rotatable bonds is 8. The van der Waals surface area contributed by atoms with E-state index in [-0.39, 0.29) is 35.3 Å². The highest BCUT2D eigenvalue weighted by Crippen LogP contribution is 2.32. The first-order valence-corrected chi connectivity index (χ1v) is 16.5. The van der Waals surface area contributed by atoms with E-state index in [9.17, 15) is 21.6 Å². The summed E-state index contributed by atoms with van der Waals surface area (Å²) < 4.78 is 72.3. The van der Waals surface area contributed by atoms with Crippen LogP contribution >= 0.6 is 0 Å². The number of aromatic nitrogens is 2. The van der Waals surface area contributed by atoms with Crippen molar-refractivity contribution in [3.63, 3.8) is 0 Å². The quantitative estimate of drug-likeness (QED) is 0.172. The maximum Gasteiger partial charge on any atom is 0.394 e. The lowest BCUT2D eigenvalue weighted by Gasteiger charge is -2.30. The number of nitrogens with one attached hydrogen (secondary N) is 2. The minimum absolute atomic E-state index is 0.0418. The lowest BCUT2D eigenvalue weighted by Crippen LogP contribution is -2.36. The van der Waals surface area contributed by atoms with Crippen LogP contribution in [0.25, 0.3) is 16.8 Å². The molecule has 1 fully saturated rings. The molecule has 0 unspecified atom stereocenters. The molecule has 14 heteroatoms. The van der Waals surface area contributed by atoms with Gasteiger partial charge in [-0.2, -0.15) is 13.2 Å². The third kappa shape index (κ3) is 9.40. The van der Waals surface area contributed by atoms with Gasteiger partial charge in [0, 0.05) is 30.1 Å². The van der Waals surface area contributed by atoms with Gasteiger partial charge in [-0.1, -0.05) is 36.3 Å². The van der Waals surface area contributed by atoms with Gasteiger partial charge in [0.2, 0.25) is 0 Å². The van der Waals surface area contributed by atoms with Crippen LogP contribution in [0.4, 0.5) is 24.5 Å². The highest BCUT2D eigenvalue weighted by atomic mass is 32.2. The first-order valence-electron chi connectivity index (χ1n) is 14.6. The predicted molar refractivity (Wildman–Crippen MR) is 175 cm³/mol.